The van der Waals surface area contributed by atoms with E-state index < -0.39 is 22.0 Å². The average molecular weight is 300 g/mol. The highest BCUT2D eigenvalue weighted by Gasteiger charge is 2.06. The summed E-state index contributed by atoms with van der Waals surface area (Å²) < 4.78 is 21.8. The predicted octanol–water partition coefficient (Wildman–Crippen LogP) is 1.30. The Balaban J connectivity index is 2.41. The highest BCUT2D eigenvalue weighted by molar-refractivity contribution is 7.90. The number of carbonyl (C=O) groups excluding carboxylic acids is 1. The maximum atomic E-state index is 11.6. The molecule has 0 aliphatic rings. The summed E-state index contributed by atoms with van der Waals surface area (Å²) in [6.07, 6.45) is 0.934. The molecule has 6 nitrogen and oxygen atoms in total. The van der Waals surface area contributed by atoms with Gasteiger partial charge in [0.05, 0.1) is 11.9 Å². The first-order valence-electron chi connectivity index (χ1n) is 6.28. The molecule has 112 valence electrons. The fourth-order valence-corrected chi connectivity index (χ4v) is 2.26. The lowest BCUT2D eigenvalue weighted by molar-refractivity contribution is 0.199. The molecule has 3 N–H and O–H groups in total. The monoisotopic (exact) mass is 300 g/mol. The normalized spacial score (nSPS) is 12.8. The summed E-state index contributed by atoms with van der Waals surface area (Å²) in [6.45, 7) is 1.93. The van der Waals surface area contributed by atoms with Gasteiger partial charge in [-0.15, -0.1) is 0 Å². The zero-order chi connectivity index (χ0) is 15.2. The molecular weight excluding hydrogens is 280 g/mol. The second-order valence-electron chi connectivity index (χ2n) is 4.67. The van der Waals surface area contributed by atoms with Crippen molar-refractivity contribution in [3.63, 3.8) is 0 Å². The summed E-state index contributed by atoms with van der Waals surface area (Å²) in [4.78, 5) is 11.6. The van der Waals surface area contributed by atoms with Crippen molar-refractivity contribution in [1.29, 1.82) is 0 Å². The molecule has 0 saturated heterocycles. The van der Waals surface area contributed by atoms with Crippen LogP contribution in [0.15, 0.2) is 24.3 Å². The Morgan fingerprint density at radius 1 is 1.40 bits per heavy atom. The fraction of sp³-hybridized carbons (Fsp3) is 0.462. The van der Waals surface area contributed by atoms with Crippen molar-refractivity contribution in [2.24, 2.45) is 0 Å². The second-order valence-corrected chi connectivity index (χ2v) is 6.93. The van der Waals surface area contributed by atoms with Crippen LogP contribution in [0.25, 0.3) is 0 Å². The summed E-state index contributed by atoms with van der Waals surface area (Å²) in [5.41, 5.74) is 1.28. The molecule has 2 amide bonds. The van der Waals surface area contributed by atoms with E-state index in [0.29, 0.717) is 17.7 Å². The van der Waals surface area contributed by atoms with Crippen molar-refractivity contribution in [1.82, 2.24) is 5.32 Å². The fourth-order valence-electron chi connectivity index (χ4n) is 1.59. The van der Waals surface area contributed by atoms with Crippen LogP contribution >= 0.6 is 0 Å². The number of benzene rings is 1. The largest absolute Gasteiger partial charge is 0.389 e. The van der Waals surface area contributed by atoms with Gasteiger partial charge in [0.15, 0.2) is 0 Å². The number of nitrogens with one attached hydrogen (secondary N) is 2. The topological polar surface area (TPSA) is 95.5 Å². The van der Waals surface area contributed by atoms with Gasteiger partial charge in [0, 0.05) is 18.5 Å². The maximum absolute atomic E-state index is 11.6. The van der Waals surface area contributed by atoms with Gasteiger partial charge in [-0.05, 0) is 31.0 Å². The third kappa shape index (κ3) is 6.53. The Kier molecular flexibility index (Phi) is 5.97. The smallest absolute Gasteiger partial charge is 0.319 e. The van der Waals surface area contributed by atoms with Crippen LogP contribution in [0.2, 0.25) is 0 Å². The minimum absolute atomic E-state index is 0.0464. The SMILES string of the molecule is CC(O)c1cccc(NC(=O)NCCCS(C)(=O)=O)c1. The molecule has 0 spiro atoms. The molecule has 7 heteroatoms. The quantitative estimate of drug-likeness (QED) is 0.690. The number of hydrogen-bond donors (Lipinski definition) is 3. The molecule has 1 atom stereocenters. The number of aliphatic hydroxyl groups is 1. The number of sulfone groups is 1. The second kappa shape index (κ2) is 7.25. The standard InChI is InChI=1S/C13H20N2O4S/c1-10(16)11-5-3-6-12(9-11)15-13(17)14-7-4-8-20(2,18)19/h3,5-6,9-10,16H,4,7-8H2,1-2H3,(H2,14,15,17). The van der Waals surface area contributed by atoms with Gasteiger partial charge >= 0.3 is 6.03 Å². The third-order valence-corrected chi connectivity index (χ3v) is 3.63. The summed E-state index contributed by atoms with van der Waals surface area (Å²) >= 11 is 0. The molecule has 1 unspecified atom stereocenters. The van der Waals surface area contributed by atoms with Crippen LogP contribution in [-0.2, 0) is 9.84 Å². The number of amides is 2. The summed E-state index contributed by atoms with van der Waals surface area (Å²) in [5, 5.41) is 14.6. The Labute approximate surface area is 119 Å². The van der Waals surface area contributed by atoms with E-state index in [4.69, 9.17) is 0 Å². The molecular formula is C13H20N2O4S. The first-order chi connectivity index (χ1) is 9.28. The number of aliphatic hydroxyl groups excluding tert-OH is 1. The van der Waals surface area contributed by atoms with Gasteiger partial charge in [-0.1, -0.05) is 12.1 Å². The van der Waals surface area contributed by atoms with Crippen LogP contribution in [0, 0.1) is 0 Å². The van der Waals surface area contributed by atoms with E-state index in [1.807, 2.05) is 0 Å². The van der Waals surface area contributed by atoms with Gasteiger partial charge in [0.25, 0.3) is 0 Å². The Morgan fingerprint density at radius 3 is 2.70 bits per heavy atom. The Bertz CT molecular complexity index is 555. The van der Waals surface area contributed by atoms with E-state index >= 15 is 0 Å². The van der Waals surface area contributed by atoms with E-state index in [-0.39, 0.29) is 12.3 Å². The molecule has 0 aliphatic carbocycles. The van der Waals surface area contributed by atoms with Crippen LogP contribution < -0.4 is 10.6 Å². The van der Waals surface area contributed by atoms with Gasteiger partial charge in [-0.25, -0.2) is 13.2 Å². The van der Waals surface area contributed by atoms with E-state index in [2.05, 4.69) is 10.6 Å². The van der Waals surface area contributed by atoms with Crippen molar-refractivity contribution in [2.45, 2.75) is 19.4 Å². The van der Waals surface area contributed by atoms with Crippen LogP contribution in [0.4, 0.5) is 10.5 Å². The molecule has 0 heterocycles. The minimum atomic E-state index is -3.00. The Hall–Kier alpha value is -1.60. The van der Waals surface area contributed by atoms with E-state index in [9.17, 15) is 18.3 Å². The zero-order valence-electron chi connectivity index (χ0n) is 11.6. The lowest BCUT2D eigenvalue weighted by atomic mass is 10.1. The van der Waals surface area contributed by atoms with Crippen molar-refractivity contribution in [2.75, 3.05) is 23.9 Å². The first-order valence-corrected chi connectivity index (χ1v) is 8.34. The van der Waals surface area contributed by atoms with E-state index in [0.717, 1.165) is 6.26 Å². The number of rotatable bonds is 6. The number of hydrogen-bond acceptors (Lipinski definition) is 4. The molecule has 0 bridgehead atoms. The molecule has 20 heavy (non-hydrogen) atoms. The molecule has 1 aromatic carbocycles. The van der Waals surface area contributed by atoms with Gasteiger partial charge in [-0.2, -0.15) is 0 Å². The summed E-state index contributed by atoms with van der Waals surface area (Å²) in [6, 6.07) is 6.49. The number of urea groups is 1. The molecule has 0 saturated carbocycles. The molecule has 0 fully saturated rings. The van der Waals surface area contributed by atoms with E-state index in [1.54, 1.807) is 31.2 Å². The lowest BCUT2D eigenvalue weighted by Crippen LogP contribution is -2.30. The van der Waals surface area contributed by atoms with Crippen molar-refractivity contribution in [3.05, 3.63) is 29.8 Å². The van der Waals surface area contributed by atoms with Crippen LogP contribution in [0.3, 0.4) is 0 Å². The van der Waals surface area contributed by atoms with Crippen molar-refractivity contribution in [3.8, 4) is 0 Å². The zero-order valence-corrected chi connectivity index (χ0v) is 12.4. The highest BCUT2D eigenvalue weighted by atomic mass is 32.2. The van der Waals surface area contributed by atoms with Gasteiger partial charge in [-0.3, -0.25) is 0 Å². The molecule has 1 aromatic rings. The predicted molar refractivity (Wildman–Crippen MR) is 78.4 cm³/mol. The first kappa shape index (κ1) is 16.5. The lowest BCUT2D eigenvalue weighted by Gasteiger charge is -2.10. The highest BCUT2D eigenvalue weighted by Crippen LogP contribution is 2.16. The summed E-state index contributed by atoms with van der Waals surface area (Å²) in [7, 11) is -3.00. The van der Waals surface area contributed by atoms with Crippen LogP contribution in [-0.4, -0.2) is 38.1 Å². The van der Waals surface area contributed by atoms with Crippen LogP contribution in [0.1, 0.15) is 25.0 Å². The maximum Gasteiger partial charge on any atom is 0.319 e. The molecule has 0 aliphatic heterocycles. The number of carbonyl (C=O) groups is 1. The molecule has 0 radical (unpaired) electrons. The van der Waals surface area contributed by atoms with Crippen LogP contribution in [0.5, 0.6) is 0 Å². The van der Waals surface area contributed by atoms with Gasteiger partial charge in [0.2, 0.25) is 0 Å². The third-order valence-electron chi connectivity index (χ3n) is 2.60. The summed E-state index contributed by atoms with van der Waals surface area (Å²) in [5.74, 6) is 0.0464. The molecule has 1 rings (SSSR count). The minimum Gasteiger partial charge on any atom is -0.389 e. The van der Waals surface area contributed by atoms with Crippen molar-refractivity contribution < 1.29 is 18.3 Å². The van der Waals surface area contributed by atoms with Gasteiger partial charge in [0.1, 0.15) is 9.84 Å². The molecule has 0 aromatic heterocycles. The Morgan fingerprint density at radius 2 is 2.10 bits per heavy atom. The van der Waals surface area contributed by atoms with Gasteiger partial charge < -0.3 is 15.7 Å². The number of anilines is 1. The van der Waals surface area contributed by atoms with Crippen molar-refractivity contribution >= 4 is 21.6 Å². The average Bonchev–Trinajstić information content (AvgIpc) is 2.34. The van der Waals surface area contributed by atoms with E-state index in [1.165, 1.54) is 0 Å².